The predicted molar refractivity (Wildman–Crippen MR) is 116 cm³/mol. The van der Waals surface area contributed by atoms with Crippen LogP contribution in [0.2, 0.25) is 0 Å². The zero-order chi connectivity index (χ0) is 22.3. The number of carbonyl (C=O) groups is 2. The second-order valence-electron chi connectivity index (χ2n) is 8.92. The van der Waals surface area contributed by atoms with Gasteiger partial charge in [-0.15, -0.1) is 0 Å². The van der Waals surface area contributed by atoms with Crippen LogP contribution in [0, 0.1) is 12.8 Å². The van der Waals surface area contributed by atoms with E-state index in [0.29, 0.717) is 42.9 Å². The standard InChI is InChI=1S/C22H31N3O5S/c1-14-12-18-19(30-16(3)21(26)23-18)13-20(14)31(28,29)24-10-7-17(8-11-24)22(27)25-9-5-4-6-15(25)2/h12-13,15-17H,4-11H2,1-3H3,(H,23,26). The van der Waals surface area contributed by atoms with Crippen LogP contribution < -0.4 is 10.1 Å². The summed E-state index contributed by atoms with van der Waals surface area (Å²) >= 11 is 0. The third kappa shape index (κ3) is 4.17. The van der Waals surface area contributed by atoms with Crippen LogP contribution in [0.4, 0.5) is 5.69 Å². The molecule has 1 aromatic rings. The smallest absolute Gasteiger partial charge is 0.265 e. The molecular formula is C22H31N3O5S. The van der Waals surface area contributed by atoms with Gasteiger partial charge < -0.3 is 15.0 Å². The number of hydrogen-bond donors (Lipinski definition) is 1. The van der Waals surface area contributed by atoms with Crippen molar-refractivity contribution in [2.75, 3.05) is 25.0 Å². The molecule has 2 saturated heterocycles. The quantitative estimate of drug-likeness (QED) is 0.765. The molecule has 4 rings (SSSR count). The number of hydrogen-bond acceptors (Lipinski definition) is 5. The van der Waals surface area contributed by atoms with Crippen LogP contribution in [0.3, 0.4) is 0 Å². The highest BCUT2D eigenvalue weighted by Crippen LogP contribution is 2.36. The van der Waals surface area contributed by atoms with Crippen molar-refractivity contribution in [1.29, 1.82) is 0 Å². The highest BCUT2D eigenvalue weighted by molar-refractivity contribution is 7.89. The first-order valence-corrected chi connectivity index (χ1v) is 12.6. The summed E-state index contributed by atoms with van der Waals surface area (Å²) in [5, 5.41) is 2.75. The van der Waals surface area contributed by atoms with Gasteiger partial charge >= 0.3 is 0 Å². The zero-order valence-electron chi connectivity index (χ0n) is 18.4. The number of aryl methyl sites for hydroxylation is 1. The predicted octanol–water partition coefficient (Wildman–Crippen LogP) is 2.52. The number of amides is 2. The molecule has 3 heterocycles. The van der Waals surface area contributed by atoms with Crippen molar-refractivity contribution in [3.8, 4) is 5.75 Å². The highest BCUT2D eigenvalue weighted by atomic mass is 32.2. The Balaban J connectivity index is 1.48. The van der Waals surface area contributed by atoms with E-state index in [1.807, 2.05) is 4.90 Å². The summed E-state index contributed by atoms with van der Waals surface area (Å²) in [6.45, 7) is 6.89. The van der Waals surface area contributed by atoms with Crippen LogP contribution in [-0.2, 0) is 19.6 Å². The first-order chi connectivity index (χ1) is 14.7. The van der Waals surface area contributed by atoms with Crippen molar-refractivity contribution in [2.24, 2.45) is 5.92 Å². The van der Waals surface area contributed by atoms with Gasteiger partial charge in [-0.3, -0.25) is 9.59 Å². The van der Waals surface area contributed by atoms with E-state index in [1.165, 1.54) is 10.4 Å². The summed E-state index contributed by atoms with van der Waals surface area (Å²) in [6, 6.07) is 3.41. The average molecular weight is 450 g/mol. The highest BCUT2D eigenvalue weighted by Gasteiger charge is 2.36. The molecule has 1 N–H and O–H groups in total. The van der Waals surface area contributed by atoms with Crippen LogP contribution in [0.25, 0.3) is 0 Å². The number of benzene rings is 1. The van der Waals surface area contributed by atoms with Gasteiger partial charge in [0.05, 0.1) is 10.6 Å². The number of nitrogens with zero attached hydrogens (tertiary/aromatic N) is 2. The summed E-state index contributed by atoms with van der Waals surface area (Å²) in [4.78, 5) is 27.0. The van der Waals surface area contributed by atoms with Crippen LogP contribution in [0.5, 0.6) is 5.75 Å². The minimum Gasteiger partial charge on any atom is -0.479 e. The summed E-state index contributed by atoms with van der Waals surface area (Å²) in [5.41, 5.74) is 1.04. The number of anilines is 1. The zero-order valence-corrected chi connectivity index (χ0v) is 19.2. The van der Waals surface area contributed by atoms with Crippen molar-refractivity contribution < 1.29 is 22.7 Å². The lowest BCUT2D eigenvalue weighted by atomic mass is 9.94. The topological polar surface area (TPSA) is 96.0 Å². The van der Waals surface area contributed by atoms with Crippen molar-refractivity contribution in [3.63, 3.8) is 0 Å². The monoisotopic (exact) mass is 449 g/mol. The first kappa shape index (κ1) is 22.1. The van der Waals surface area contributed by atoms with Gasteiger partial charge in [0.2, 0.25) is 15.9 Å². The normalized spacial score (nSPS) is 25.5. The summed E-state index contributed by atoms with van der Waals surface area (Å²) in [6.07, 6.45) is 3.64. The number of fused-ring (bicyclic) bond motifs is 1. The van der Waals surface area contributed by atoms with Crippen LogP contribution >= 0.6 is 0 Å². The fourth-order valence-corrected chi connectivity index (χ4v) is 6.45. The van der Waals surface area contributed by atoms with E-state index < -0.39 is 16.1 Å². The molecule has 0 saturated carbocycles. The molecule has 2 fully saturated rings. The van der Waals surface area contributed by atoms with Gasteiger partial charge in [-0.05, 0) is 64.5 Å². The van der Waals surface area contributed by atoms with Crippen LogP contribution in [-0.4, -0.2) is 61.2 Å². The SMILES string of the molecule is Cc1cc2c(cc1S(=O)(=O)N1CCC(C(=O)N3CCCCC3C)CC1)OC(C)C(=O)N2. The number of sulfonamides is 1. The molecule has 8 nitrogen and oxygen atoms in total. The molecule has 2 amide bonds. The maximum Gasteiger partial charge on any atom is 0.265 e. The van der Waals surface area contributed by atoms with Crippen LogP contribution in [0.1, 0.15) is 51.5 Å². The number of ether oxygens (including phenoxy) is 1. The third-order valence-corrected chi connectivity index (χ3v) is 8.76. The Kier molecular flexibility index (Phi) is 6.00. The Labute approximate surface area is 184 Å². The third-order valence-electron chi connectivity index (χ3n) is 6.72. The summed E-state index contributed by atoms with van der Waals surface area (Å²) in [5.74, 6) is 0.168. The summed E-state index contributed by atoms with van der Waals surface area (Å²) in [7, 11) is -3.73. The van der Waals surface area contributed by atoms with Crippen molar-refractivity contribution in [3.05, 3.63) is 17.7 Å². The molecule has 0 radical (unpaired) electrons. The number of piperidine rings is 2. The van der Waals surface area contributed by atoms with E-state index >= 15 is 0 Å². The lowest BCUT2D eigenvalue weighted by Crippen LogP contribution is -2.48. The Morgan fingerprint density at radius 1 is 1.10 bits per heavy atom. The fourth-order valence-electron chi connectivity index (χ4n) is 4.76. The van der Waals surface area contributed by atoms with E-state index in [0.717, 1.165) is 25.8 Å². The molecule has 0 aromatic heterocycles. The molecule has 0 aliphatic carbocycles. The molecule has 2 unspecified atom stereocenters. The van der Waals surface area contributed by atoms with E-state index in [9.17, 15) is 18.0 Å². The molecule has 0 spiro atoms. The second-order valence-corrected chi connectivity index (χ2v) is 10.8. The van der Waals surface area contributed by atoms with E-state index in [-0.39, 0.29) is 28.7 Å². The second kappa shape index (κ2) is 8.43. The molecule has 2 atom stereocenters. The molecule has 31 heavy (non-hydrogen) atoms. The maximum absolute atomic E-state index is 13.4. The lowest BCUT2D eigenvalue weighted by Gasteiger charge is -2.38. The molecule has 0 bridgehead atoms. The molecule has 3 aliphatic rings. The average Bonchev–Trinajstić information content (AvgIpc) is 2.74. The maximum atomic E-state index is 13.4. The number of carbonyl (C=O) groups excluding carboxylic acids is 2. The molecule has 3 aliphatic heterocycles. The lowest BCUT2D eigenvalue weighted by molar-refractivity contribution is -0.140. The minimum atomic E-state index is -3.73. The minimum absolute atomic E-state index is 0.115. The largest absolute Gasteiger partial charge is 0.479 e. The Morgan fingerprint density at radius 2 is 1.81 bits per heavy atom. The van der Waals surface area contributed by atoms with Gasteiger partial charge in [0.1, 0.15) is 5.75 Å². The first-order valence-electron chi connectivity index (χ1n) is 11.1. The molecule has 1 aromatic carbocycles. The van der Waals surface area contributed by atoms with Gasteiger partial charge in [-0.2, -0.15) is 4.31 Å². The van der Waals surface area contributed by atoms with Crippen molar-refractivity contribution in [2.45, 2.75) is 69.9 Å². The van der Waals surface area contributed by atoms with E-state index in [2.05, 4.69) is 12.2 Å². The molecule has 170 valence electrons. The van der Waals surface area contributed by atoms with Crippen molar-refractivity contribution >= 4 is 27.5 Å². The van der Waals surface area contributed by atoms with E-state index in [1.54, 1.807) is 19.9 Å². The number of likely N-dealkylation sites (tertiary alicyclic amines) is 1. The Hall–Kier alpha value is -2.13. The van der Waals surface area contributed by atoms with Gasteiger partial charge in [0.25, 0.3) is 5.91 Å². The van der Waals surface area contributed by atoms with Gasteiger partial charge in [-0.1, -0.05) is 0 Å². The number of nitrogens with one attached hydrogen (secondary N) is 1. The molecular weight excluding hydrogens is 418 g/mol. The Morgan fingerprint density at radius 3 is 2.48 bits per heavy atom. The summed E-state index contributed by atoms with van der Waals surface area (Å²) < 4.78 is 33.8. The van der Waals surface area contributed by atoms with Crippen LogP contribution in [0.15, 0.2) is 17.0 Å². The van der Waals surface area contributed by atoms with Gasteiger partial charge in [0.15, 0.2) is 6.10 Å². The van der Waals surface area contributed by atoms with Gasteiger partial charge in [-0.25, -0.2) is 8.42 Å². The van der Waals surface area contributed by atoms with Gasteiger partial charge in [0, 0.05) is 37.7 Å². The van der Waals surface area contributed by atoms with E-state index in [4.69, 9.17) is 4.74 Å². The molecule has 9 heteroatoms. The Bertz CT molecular complexity index is 985. The fraction of sp³-hybridized carbons (Fsp3) is 0.636. The number of rotatable bonds is 3. The van der Waals surface area contributed by atoms with Crippen molar-refractivity contribution in [1.82, 2.24) is 9.21 Å².